The van der Waals surface area contributed by atoms with Crippen LogP contribution in [0.25, 0.3) is 0 Å². The summed E-state index contributed by atoms with van der Waals surface area (Å²) in [6, 6.07) is 0. The fourth-order valence-electron chi connectivity index (χ4n) is 1.77. The monoisotopic (exact) mass is 343 g/mol. The maximum absolute atomic E-state index is 9.78. The molecular weight excluding hydrogens is 321 g/mol. The van der Waals surface area contributed by atoms with Crippen molar-refractivity contribution in [3.63, 3.8) is 0 Å². The van der Waals surface area contributed by atoms with Gasteiger partial charge >= 0.3 is 0 Å². The normalized spacial score (nSPS) is 24.7. The van der Waals surface area contributed by atoms with Crippen molar-refractivity contribution in [2.24, 2.45) is 0 Å². The average Bonchev–Trinajstić information content (AvgIpc) is 1.98. The van der Waals surface area contributed by atoms with Gasteiger partial charge in [-0.1, -0.05) is 11.2 Å². The third kappa shape index (κ3) is 7.08. The molecule has 95 valence electrons. The molecule has 1 radical (unpaired) electrons. The number of hydroxylamine groups is 2. The van der Waals surface area contributed by atoms with Crippen LogP contribution in [0.4, 0.5) is 0 Å². The second kappa shape index (κ2) is 7.87. The Bertz CT molecular complexity index is 217. The first-order valence-electron chi connectivity index (χ1n) is 5.06. The van der Waals surface area contributed by atoms with Gasteiger partial charge in [0.25, 0.3) is 0 Å². The molecule has 1 atom stereocenters. The van der Waals surface area contributed by atoms with Crippen molar-refractivity contribution >= 4 is 18.4 Å². The van der Waals surface area contributed by atoms with E-state index in [0.717, 1.165) is 12.8 Å². The van der Waals surface area contributed by atoms with Crippen molar-refractivity contribution < 1.29 is 42.5 Å². The molecule has 0 spiro atoms. The van der Waals surface area contributed by atoms with Crippen molar-refractivity contribution in [2.45, 2.75) is 51.6 Å². The summed E-state index contributed by atoms with van der Waals surface area (Å²) in [4.78, 5) is 0. The van der Waals surface area contributed by atoms with Gasteiger partial charge in [-0.3, -0.25) is 0 Å². The van der Waals surface area contributed by atoms with Gasteiger partial charge in [0.2, 0.25) is 0 Å². The van der Waals surface area contributed by atoms with E-state index >= 15 is 0 Å². The Labute approximate surface area is 130 Å². The quantitative estimate of drug-likeness (QED) is 0.540. The topological polar surface area (TPSA) is 40.5 Å². The predicted octanol–water partition coefficient (Wildman–Crippen LogP) is 3.56. The number of halogens is 1. The number of piperidine rings is 1. The molecule has 1 unspecified atom stereocenters. The summed E-state index contributed by atoms with van der Waals surface area (Å²) in [6.07, 6.45) is 4.19. The standard InChI is InChI=1S/C9H18NO.CH4ClOP.Y/c1-8(2)6-5-7-9(3,4)10(8)11;1-4(2)3;/h5,11H,6-7H2,1-4H3;4H,1H3;/q-1;;. The molecule has 6 heteroatoms. The molecule has 3 nitrogen and oxygen atoms in total. The van der Waals surface area contributed by atoms with Gasteiger partial charge in [-0.15, -0.1) is 0 Å². The molecule has 0 aliphatic carbocycles. The Morgan fingerprint density at radius 3 is 1.69 bits per heavy atom. The summed E-state index contributed by atoms with van der Waals surface area (Å²) in [5.41, 5.74) is -0.191. The van der Waals surface area contributed by atoms with Crippen LogP contribution in [0.5, 0.6) is 0 Å². The van der Waals surface area contributed by atoms with Gasteiger partial charge in [0.15, 0.2) is 7.15 Å². The minimum Gasteiger partial charge on any atom is -0.325 e. The average molecular weight is 344 g/mol. The first-order chi connectivity index (χ1) is 6.59. The molecule has 0 aromatic rings. The van der Waals surface area contributed by atoms with Crippen LogP contribution < -0.4 is 0 Å². The molecule has 0 amide bonds. The summed E-state index contributed by atoms with van der Waals surface area (Å²) in [5, 5.41) is 11.3. The Kier molecular flexibility index (Phi) is 9.77. The van der Waals surface area contributed by atoms with Crippen molar-refractivity contribution in [3.05, 3.63) is 6.42 Å². The fourth-order valence-corrected chi connectivity index (χ4v) is 1.77. The second-order valence-electron chi connectivity index (χ2n) is 5.10. The molecule has 0 aromatic heterocycles. The van der Waals surface area contributed by atoms with Crippen LogP contribution in [-0.2, 0) is 37.3 Å². The molecule has 0 aromatic carbocycles. The van der Waals surface area contributed by atoms with Gasteiger partial charge in [0.1, 0.15) is 0 Å². The first kappa shape index (κ1) is 19.9. The number of nitrogens with zero attached hydrogens (tertiary/aromatic N) is 1. The van der Waals surface area contributed by atoms with E-state index < -0.39 is 7.15 Å². The van der Waals surface area contributed by atoms with E-state index in [2.05, 4.69) is 34.1 Å². The van der Waals surface area contributed by atoms with Crippen LogP contribution in [0.15, 0.2) is 0 Å². The van der Waals surface area contributed by atoms with Gasteiger partial charge in [-0.25, -0.2) is 0 Å². The van der Waals surface area contributed by atoms with E-state index in [1.807, 2.05) is 0 Å². The first-order valence-corrected chi connectivity index (χ1v) is 7.98. The summed E-state index contributed by atoms with van der Waals surface area (Å²) in [5.74, 6) is 0. The zero-order valence-corrected chi connectivity index (χ0v) is 15.3. The van der Waals surface area contributed by atoms with Crippen molar-refractivity contribution in [3.8, 4) is 0 Å². The van der Waals surface area contributed by atoms with E-state index in [9.17, 15) is 9.77 Å². The molecule has 1 heterocycles. The molecule has 0 bridgehead atoms. The maximum Gasteiger partial charge on any atom is 0.155 e. The Morgan fingerprint density at radius 1 is 1.25 bits per heavy atom. The van der Waals surface area contributed by atoms with Crippen LogP contribution in [0.1, 0.15) is 40.5 Å². The van der Waals surface area contributed by atoms with Crippen molar-refractivity contribution in [1.82, 2.24) is 5.06 Å². The molecule has 16 heavy (non-hydrogen) atoms. The summed E-state index contributed by atoms with van der Waals surface area (Å²) < 4.78 is 9.40. The van der Waals surface area contributed by atoms with Gasteiger partial charge < -0.3 is 16.2 Å². The van der Waals surface area contributed by atoms with Crippen molar-refractivity contribution in [2.75, 3.05) is 6.66 Å². The number of hydrogen-bond acceptors (Lipinski definition) is 3. The van der Waals surface area contributed by atoms with E-state index in [1.54, 1.807) is 0 Å². The van der Waals surface area contributed by atoms with Gasteiger partial charge in [0.05, 0.1) is 0 Å². The molecule has 0 saturated carbocycles. The molecule has 1 saturated heterocycles. The zero-order chi connectivity index (χ0) is 12.3. The van der Waals surface area contributed by atoms with Crippen molar-refractivity contribution in [1.29, 1.82) is 0 Å². The van der Waals surface area contributed by atoms with Gasteiger partial charge in [-0.05, 0) is 27.7 Å². The SMILES string of the molecule is CC1(C)C[CH-]CC(C)(C)N1O.C[PH](=O)Cl.[Y]. The second-order valence-corrected chi connectivity index (χ2v) is 7.64. The summed E-state index contributed by atoms with van der Waals surface area (Å²) >= 11 is 4.82. The smallest absolute Gasteiger partial charge is 0.155 e. The van der Waals surface area contributed by atoms with Crippen LogP contribution >= 0.6 is 18.4 Å². The predicted molar refractivity (Wildman–Crippen MR) is 66.1 cm³/mol. The zero-order valence-electron chi connectivity index (χ0n) is 10.7. The molecule has 1 aliphatic rings. The van der Waals surface area contributed by atoms with Crippen LogP contribution in [0, 0.1) is 6.42 Å². The largest absolute Gasteiger partial charge is 0.325 e. The molecule has 1 N–H and O–H groups in total. The maximum atomic E-state index is 9.78. The van der Waals surface area contributed by atoms with Crippen LogP contribution in [-0.4, -0.2) is 28.0 Å². The molecule has 1 fully saturated rings. The third-order valence-corrected chi connectivity index (χ3v) is 2.43. The van der Waals surface area contributed by atoms with E-state index in [4.69, 9.17) is 11.2 Å². The van der Waals surface area contributed by atoms with Crippen LogP contribution in [0.2, 0.25) is 0 Å². The molecular formula is C10H22ClNO2PY-. The Hall–Kier alpha value is 1.54. The summed E-state index contributed by atoms with van der Waals surface area (Å²) in [7, 11) is -1.66. The molecule has 1 rings (SSSR count). The minimum absolute atomic E-state index is 0. The van der Waals surface area contributed by atoms with E-state index in [-0.39, 0.29) is 43.8 Å². The molecule has 1 aliphatic heterocycles. The Balaban J connectivity index is 0. The van der Waals surface area contributed by atoms with E-state index in [1.165, 1.54) is 11.7 Å². The fraction of sp³-hybridized carbons (Fsp3) is 0.900. The minimum atomic E-state index is -1.66. The van der Waals surface area contributed by atoms with Crippen LogP contribution in [0.3, 0.4) is 0 Å². The number of hydrogen-bond donors (Lipinski definition) is 1. The van der Waals surface area contributed by atoms with E-state index in [0.29, 0.717) is 0 Å². The third-order valence-electron chi connectivity index (χ3n) is 2.43. The van der Waals surface area contributed by atoms with Gasteiger partial charge in [0, 0.05) is 50.5 Å². The van der Waals surface area contributed by atoms with Gasteiger partial charge in [-0.2, -0.15) is 17.9 Å². The summed E-state index contributed by atoms with van der Waals surface area (Å²) in [6.45, 7) is 9.72. The number of rotatable bonds is 0. The Morgan fingerprint density at radius 2 is 1.50 bits per heavy atom.